The van der Waals surface area contributed by atoms with Crippen LogP contribution in [0, 0.1) is 12.4 Å². The molecule has 2 fully saturated rings. The Labute approximate surface area is 245 Å². The van der Waals surface area contributed by atoms with Gasteiger partial charge in [-0.3, -0.25) is 9.88 Å². The number of aromatic nitrogens is 1. The number of rotatable bonds is 6. The van der Waals surface area contributed by atoms with Crippen molar-refractivity contribution in [1.82, 2.24) is 9.88 Å². The van der Waals surface area contributed by atoms with E-state index >= 15 is 0 Å². The van der Waals surface area contributed by atoms with Gasteiger partial charge in [-0.1, -0.05) is 23.7 Å². The van der Waals surface area contributed by atoms with Crippen molar-refractivity contribution in [2.24, 2.45) is 0 Å². The molecule has 2 atom stereocenters. The van der Waals surface area contributed by atoms with E-state index in [0.717, 1.165) is 42.8 Å². The number of halogens is 2. The topological polar surface area (TPSA) is 73.1 Å². The van der Waals surface area contributed by atoms with Crippen molar-refractivity contribution < 1.29 is 22.3 Å². The maximum atomic E-state index is 14.8. The second-order valence-electron chi connectivity index (χ2n) is 11.2. The number of benzene rings is 2. The standard InChI is InChI=1S/C31H31ClFN3O4S/c1-31(26-9-8-22(32)17-27(26)33)39-29-7-3-6-25(30(29)40-31)20-10-12-36(13-11-20)19-28-21(15-23(34-2)18-35-28)16-24-5-4-14-41(24,37)38/h3,6-9,15,17-18,20,24H,4-5,10-14,16,19H2,1H3. The SMILES string of the molecule is [C-]#[N+]c1cnc(CN2CCC(c3cccc4c3OC(C)(c3ccc(Cl)cc3F)O4)CC2)c(CC2CCCS2(=O)=O)c1. The first kappa shape index (κ1) is 28.0. The van der Waals surface area contributed by atoms with Crippen molar-refractivity contribution in [3.63, 3.8) is 0 Å². The molecule has 214 valence electrons. The van der Waals surface area contributed by atoms with Gasteiger partial charge in [-0.2, -0.15) is 0 Å². The molecule has 0 saturated carbocycles. The summed E-state index contributed by atoms with van der Waals surface area (Å²) in [6.45, 7) is 11.4. The summed E-state index contributed by atoms with van der Waals surface area (Å²) in [5.74, 6) is -0.0486. The van der Waals surface area contributed by atoms with Gasteiger partial charge in [0.15, 0.2) is 21.3 Å². The first-order valence-corrected chi connectivity index (χ1v) is 16.0. The fourth-order valence-electron chi connectivity index (χ4n) is 6.29. The van der Waals surface area contributed by atoms with E-state index in [1.165, 1.54) is 6.07 Å². The van der Waals surface area contributed by atoms with Crippen LogP contribution >= 0.6 is 11.6 Å². The van der Waals surface area contributed by atoms with Gasteiger partial charge in [-0.15, -0.1) is 0 Å². The molecule has 0 bridgehead atoms. The lowest BCUT2D eigenvalue weighted by Crippen LogP contribution is -2.34. The Bertz CT molecular complexity index is 1630. The largest absolute Gasteiger partial charge is 0.444 e. The lowest BCUT2D eigenvalue weighted by molar-refractivity contribution is -0.0712. The summed E-state index contributed by atoms with van der Waals surface area (Å²) in [5.41, 5.74) is 3.47. The molecule has 2 saturated heterocycles. The molecule has 3 aliphatic rings. The summed E-state index contributed by atoms with van der Waals surface area (Å²) >= 11 is 5.95. The molecule has 2 unspecified atom stereocenters. The first-order valence-electron chi connectivity index (χ1n) is 13.9. The van der Waals surface area contributed by atoms with Gasteiger partial charge < -0.3 is 9.47 Å². The molecule has 3 aromatic rings. The number of sulfone groups is 1. The van der Waals surface area contributed by atoms with E-state index < -0.39 is 26.7 Å². The normalized spacial score (nSPS) is 23.9. The van der Waals surface area contributed by atoms with Crippen molar-refractivity contribution >= 4 is 27.1 Å². The van der Waals surface area contributed by atoms with E-state index in [0.29, 0.717) is 48.0 Å². The lowest BCUT2D eigenvalue weighted by atomic mass is 9.88. The van der Waals surface area contributed by atoms with E-state index in [1.54, 1.807) is 31.3 Å². The zero-order chi connectivity index (χ0) is 28.8. The van der Waals surface area contributed by atoms with Crippen molar-refractivity contribution in [3.05, 3.63) is 93.3 Å². The van der Waals surface area contributed by atoms with Gasteiger partial charge in [0, 0.05) is 30.3 Å². The fraction of sp³-hybridized carbons (Fsp3) is 0.419. The number of nitrogens with zero attached hydrogens (tertiary/aromatic N) is 3. The van der Waals surface area contributed by atoms with Gasteiger partial charge in [0.1, 0.15) is 5.82 Å². The predicted molar refractivity (Wildman–Crippen MR) is 155 cm³/mol. The van der Waals surface area contributed by atoms with Gasteiger partial charge >= 0.3 is 0 Å². The summed E-state index contributed by atoms with van der Waals surface area (Å²) in [6.07, 6.45) is 5.11. The zero-order valence-corrected chi connectivity index (χ0v) is 24.3. The smallest absolute Gasteiger partial charge is 0.278 e. The van der Waals surface area contributed by atoms with Crippen LogP contribution in [0.1, 0.15) is 60.9 Å². The van der Waals surface area contributed by atoms with E-state index in [1.807, 2.05) is 12.1 Å². The third-order valence-electron chi connectivity index (χ3n) is 8.52. The van der Waals surface area contributed by atoms with E-state index in [4.69, 9.17) is 27.6 Å². The monoisotopic (exact) mass is 595 g/mol. The highest BCUT2D eigenvalue weighted by Crippen LogP contribution is 2.50. The van der Waals surface area contributed by atoms with E-state index in [2.05, 4.69) is 20.8 Å². The molecule has 7 nitrogen and oxygen atoms in total. The first-order chi connectivity index (χ1) is 19.6. The third kappa shape index (κ3) is 5.53. The summed E-state index contributed by atoms with van der Waals surface area (Å²) in [6, 6.07) is 12.1. The maximum Gasteiger partial charge on any atom is 0.278 e. The van der Waals surface area contributed by atoms with E-state index in [9.17, 15) is 12.8 Å². The maximum absolute atomic E-state index is 14.8. The van der Waals surface area contributed by atoms with Crippen LogP contribution in [0.25, 0.3) is 4.85 Å². The van der Waals surface area contributed by atoms with E-state index in [-0.39, 0.29) is 17.2 Å². The Morgan fingerprint density at radius 3 is 2.68 bits per heavy atom. The van der Waals surface area contributed by atoms with Crippen molar-refractivity contribution in [2.45, 2.75) is 62.5 Å². The highest BCUT2D eigenvalue weighted by atomic mass is 35.5. The average Bonchev–Trinajstić information content (AvgIpc) is 3.47. The Hall–Kier alpha value is -3.19. The number of likely N-dealkylation sites (tertiary alicyclic amines) is 1. The predicted octanol–water partition coefficient (Wildman–Crippen LogP) is 6.57. The number of fused-ring (bicyclic) bond motifs is 1. The molecule has 6 rings (SSSR count). The van der Waals surface area contributed by atoms with Crippen LogP contribution in [-0.4, -0.2) is 42.4 Å². The minimum absolute atomic E-state index is 0.238. The van der Waals surface area contributed by atoms with Crippen LogP contribution in [0.2, 0.25) is 5.02 Å². The molecule has 4 heterocycles. The third-order valence-corrected chi connectivity index (χ3v) is 11.0. The van der Waals surface area contributed by atoms with Gasteiger partial charge in [-0.05, 0) is 87.0 Å². The highest BCUT2D eigenvalue weighted by Gasteiger charge is 2.43. The molecular weight excluding hydrogens is 565 g/mol. The van der Waals surface area contributed by atoms with Crippen LogP contribution < -0.4 is 9.47 Å². The number of ether oxygens (including phenoxy) is 2. The number of pyridine rings is 1. The Kier molecular flexibility index (Phi) is 7.43. The molecule has 0 spiro atoms. The van der Waals surface area contributed by atoms with Gasteiger partial charge in [0.25, 0.3) is 5.79 Å². The second kappa shape index (κ2) is 10.9. The van der Waals surface area contributed by atoms with Crippen LogP contribution in [0.15, 0.2) is 48.7 Å². The number of para-hydroxylation sites is 1. The lowest BCUT2D eigenvalue weighted by Gasteiger charge is -2.33. The molecule has 0 aliphatic carbocycles. The van der Waals surface area contributed by atoms with Crippen molar-refractivity contribution in [3.8, 4) is 11.5 Å². The number of hydrogen-bond donors (Lipinski definition) is 0. The van der Waals surface area contributed by atoms with Crippen LogP contribution in [0.5, 0.6) is 11.5 Å². The summed E-state index contributed by atoms with van der Waals surface area (Å²) < 4.78 is 52.2. The number of hydrogen-bond acceptors (Lipinski definition) is 6. The van der Waals surface area contributed by atoms with Gasteiger partial charge in [0.2, 0.25) is 5.69 Å². The van der Waals surface area contributed by atoms with Crippen LogP contribution in [0.4, 0.5) is 10.1 Å². The number of piperidine rings is 1. The average molecular weight is 596 g/mol. The van der Waals surface area contributed by atoms with Gasteiger partial charge in [0.05, 0.1) is 28.8 Å². The minimum Gasteiger partial charge on any atom is -0.444 e. The highest BCUT2D eigenvalue weighted by molar-refractivity contribution is 7.92. The molecule has 1 aromatic heterocycles. The molecule has 0 N–H and O–H groups in total. The second-order valence-corrected chi connectivity index (χ2v) is 14.1. The van der Waals surface area contributed by atoms with Crippen LogP contribution in [0.3, 0.4) is 0 Å². The Balaban J connectivity index is 1.15. The summed E-state index contributed by atoms with van der Waals surface area (Å²) in [7, 11) is -3.10. The molecule has 10 heteroatoms. The molecular formula is C31H31ClFN3O4S. The Morgan fingerprint density at radius 1 is 1.17 bits per heavy atom. The van der Waals surface area contributed by atoms with Crippen molar-refractivity contribution in [2.75, 3.05) is 18.8 Å². The quantitative estimate of drug-likeness (QED) is 0.300. The molecule has 0 radical (unpaired) electrons. The Morgan fingerprint density at radius 2 is 1.98 bits per heavy atom. The van der Waals surface area contributed by atoms with Crippen LogP contribution in [-0.2, 0) is 28.6 Å². The zero-order valence-electron chi connectivity index (χ0n) is 22.8. The molecule has 2 aromatic carbocycles. The molecule has 3 aliphatic heterocycles. The fourth-order valence-corrected chi connectivity index (χ4v) is 8.31. The molecule has 41 heavy (non-hydrogen) atoms. The van der Waals surface area contributed by atoms with Crippen molar-refractivity contribution in [1.29, 1.82) is 0 Å². The minimum atomic E-state index is -3.10. The molecule has 0 amide bonds. The summed E-state index contributed by atoms with van der Waals surface area (Å²) in [4.78, 5) is 10.4. The summed E-state index contributed by atoms with van der Waals surface area (Å²) in [5, 5.41) is -0.0878. The van der Waals surface area contributed by atoms with Gasteiger partial charge in [-0.25, -0.2) is 17.7 Å².